The van der Waals surface area contributed by atoms with Crippen molar-refractivity contribution >= 4 is 46.5 Å². The molecule has 0 saturated heterocycles. The molecule has 3 aromatic rings. The van der Waals surface area contributed by atoms with Crippen molar-refractivity contribution < 1.29 is 9.53 Å². The van der Waals surface area contributed by atoms with E-state index < -0.39 is 0 Å². The molecule has 0 spiro atoms. The van der Waals surface area contributed by atoms with Crippen LogP contribution >= 0.6 is 24.0 Å². The van der Waals surface area contributed by atoms with Crippen LogP contribution in [0.2, 0.25) is 5.02 Å². The zero-order chi connectivity index (χ0) is 17.3. The minimum atomic E-state index is -0.219. The van der Waals surface area contributed by atoms with Gasteiger partial charge in [-0.3, -0.25) is 9.78 Å². The molecular weight excluding hydrogens is 359 g/mol. The summed E-state index contributed by atoms with van der Waals surface area (Å²) < 4.78 is 5.28. The monoisotopic (exact) mass is 376 g/mol. The summed E-state index contributed by atoms with van der Waals surface area (Å²) in [7, 11) is 1.54. The van der Waals surface area contributed by atoms with Crippen LogP contribution in [0.4, 0.5) is 5.69 Å². The molecule has 130 valence electrons. The Bertz CT molecular complexity index is 942. The summed E-state index contributed by atoms with van der Waals surface area (Å²) in [5.74, 6) is 0.295. The van der Waals surface area contributed by atoms with Crippen LogP contribution in [0.5, 0.6) is 5.75 Å². The van der Waals surface area contributed by atoms with Crippen molar-refractivity contribution in [3.8, 4) is 5.75 Å². The number of ether oxygens (including phenoxy) is 1. The van der Waals surface area contributed by atoms with Crippen molar-refractivity contribution in [3.63, 3.8) is 0 Å². The molecule has 0 aliphatic carbocycles. The number of anilines is 1. The molecule has 0 fully saturated rings. The Labute approximate surface area is 157 Å². The van der Waals surface area contributed by atoms with Gasteiger partial charge in [-0.25, -0.2) is 0 Å². The maximum atomic E-state index is 12.8. The number of carbonyl (C=O) groups is 1. The predicted octanol–water partition coefficient (Wildman–Crippen LogP) is 5.19. The molecule has 0 aliphatic heterocycles. The summed E-state index contributed by atoms with van der Waals surface area (Å²) in [4.78, 5) is 17.4. The van der Waals surface area contributed by atoms with Crippen LogP contribution in [0.1, 0.15) is 21.6 Å². The van der Waals surface area contributed by atoms with E-state index in [2.05, 4.69) is 10.3 Å². The lowest BCUT2D eigenvalue weighted by atomic mass is 10.0. The Balaban J connectivity index is 0.00000225. The summed E-state index contributed by atoms with van der Waals surface area (Å²) >= 11 is 5.96. The number of aromatic nitrogens is 1. The first-order valence-electron chi connectivity index (χ1n) is 7.52. The lowest BCUT2D eigenvalue weighted by Crippen LogP contribution is -2.16. The molecule has 1 N–H and O–H groups in total. The van der Waals surface area contributed by atoms with Crippen LogP contribution in [0.25, 0.3) is 10.9 Å². The number of aryl methyl sites for hydroxylation is 2. The average Bonchev–Trinajstić information content (AvgIpc) is 2.56. The molecule has 3 rings (SSSR count). The number of carbonyl (C=O) groups excluding carboxylic acids is 1. The van der Waals surface area contributed by atoms with E-state index in [-0.39, 0.29) is 18.3 Å². The highest BCUT2D eigenvalue weighted by Crippen LogP contribution is 2.29. The minimum Gasteiger partial charge on any atom is -0.495 e. The summed E-state index contributed by atoms with van der Waals surface area (Å²) in [5, 5.41) is 4.40. The van der Waals surface area contributed by atoms with E-state index in [1.165, 1.54) is 7.11 Å². The quantitative estimate of drug-likeness (QED) is 0.684. The Morgan fingerprint density at radius 2 is 1.88 bits per heavy atom. The second kappa shape index (κ2) is 7.72. The normalized spacial score (nSPS) is 10.2. The lowest BCUT2D eigenvalue weighted by molar-refractivity contribution is 0.102. The standard InChI is InChI=1S/C19H17ClN2O2.ClH/c1-11-14-6-4-5-7-15(14)21-12(2)18(11)19(23)22-16-9-8-13(20)10-17(16)24-3;/h4-10H,1-3H3,(H,22,23);1H. The molecule has 4 nitrogen and oxygen atoms in total. The van der Waals surface area contributed by atoms with Gasteiger partial charge in [0, 0.05) is 16.5 Å². The van der Waals surface area contributed by atoms with E-state index in [0.29, 0.717) is 27.7 Å². The van der Waals surface area contributed by atoms with E-state index in [0.717, 1.165) is 16.5 Å². The predicted molar refractivity (Wildman–Crippen MR) is 104 cm³/mol. The van der Waals surface area contributed by atoms with Crippen molar-refractivity contribution in [3.05, 3.63) is 64.3 Å². The van der Waals surface area contributed by atoms with Crippen LogP contribution in [-0.4, -0.2) is 18.0 Å². The molecule has 1 heterocycles. The molecule has 0 saturated carbocycles. The van der Waals surface area contributed by atoms with Gasteiger partial charge in [0.1, 0.15) is 5.75 Å². The minimum absolute atomic E-state index is 0. The molecule has 1 amide bonds. The molecular formula is C19H18Cl2N2O2. The van der Waals surface area contributed by atoms with Crippen LogP contribution in [0.15, 0.2) is 42.5 Å². The number of benzene rings is 2. The van der Waals surface area contributed by atoms with Crippen LogP contribution in [0.3, 0.4) is 0 Å². The van der Waals surface area contributed by atoms with Crippen molar-refractivity contribution in [2.24, 2.45) is 0 Å². The number of nitrogens with zero attached hydrogens (tertiary/aromatic N) is 1. The fourth-order valence-electron chi connectivity index (χ4n) is 2.82. The van der Waals surface area contributed by atoms with Gasteiger partial charge in [0.15, 0.2) is 0 Å². The van der Waals surface area contributed by atoms with Gasteiger partial charge in [-0.1, -0.05) is 29.8 Å². The van der Waals surface area contributed by atoms with E-state index in [1.54, 1.807) is 18.2 Å². The summed E-state index contributed by atoms with van der Waals surface area (Å²) in [6.45, 7) is 3.78. The number of amides is 1. The summed E-state index contributed by atoms with van der Waals surface area (Å²) in [5.41, 5.74) is 3.62. The van der Waals surface area contributed by atoms with Crippen molar-refractivity contribution in [2.75, 3.05) is 12.4 Å². The maximum absolute atomic E-state index is 12.8. The van der Waals surface area contributed by atoms with Gasteiger partial charge in [0.2, 0.25) is 0 Å². The van der Waals surface area contributed by atoms with Crippen LogP contribution in [0, 0.1) is 13.8 Å². The number of para-hydroxylation sites is 1. The first kappa shape index (κ1) is 19.0. The Hall–Kier alpha value is -2.30. The molecule has 25 heavy (non-hydrogen) atoms. The fourth-order valence-corrected chi connectivity index (χ4v) is 2.98. The molecule has 1 aromatic heterocycles. The zero-order valence-corrected chi connectivity index (χ0v) is 15.7. The fraction of sp³-hybridized carbons (Fsp3) is 0.158. The average molecular weight is 377 g/mol. The molecule has 0 radical (unpaired) electrons. The third kappa shape index (κ3) is 3.70. The van der Waals surface area contributed by atoms with Crippen molar-refractivity contribution in [2.45, 2.75) is 13.8 Å². The third-order valence-corrected chi connectivity index (χ3v) is 4.21. The number of hydrogen-bond donors (Lipinski definition) is 1. The first-order valence-corrected chi connectivity index (χ1v) is 7.90. The lowest BCUT2D eigenvalue weighted by Gasteiger charge is -2.14. The van der Waals surface area contributed by atoms with Crippen LogP contribution in [-0.2, 0) is 0 Å². The van der Waals surface area contributed by atoms with Gasteiger partial charge in [0.25, 0.3) is 5.91 Å². The Kier molecular flexibility index (Phi) is 5.88. The Morgan fingerprint density at radius 3 is 2.60 bits per heavy atom. The third-order valence-electron chi connectivity index (χ3n) is 3.97. The van der Waals surface area contributed by atoms with Gasteiger partial charge in [-0.15, -0.1) is 12.4 Å². The highest BCUT2D eigenvalue weighted by molar-refractivity contribution is 6.30. The number of fused-ring (bicyclic) bond motifs is 1. The number of halogens is 2. The molecule has 0 aliphatic rings. The molecule has 2 aromatic carbocycles. The van der Waals surface area contributed by atoms with Gasteiger partial charge >= 0.3 is 0 Å². The topological polar surface area (TPSA) is 51.2 Å². The Morgan fingerprint density at radius 1 is 1.16 bits per heavy atom. The van der Waals surface area contributed by atoms with Gasteiger partial charge in [-0.2, -0.15) is 0 Å². The highest BCUT2D eigenvalue weighted by atomic mass is 35.5. The number of pyridine rings is 1. The summed E-state index contributed by atoms with van der Waals surface area (Å²) in [6.07, 6.45) is 0. The van der Waals surface area contributed by atoms with Gasteiger partial charge in [0.05, 0.1) is 29.6 Å². The first-order chi connectivity index (χ1) is 11.5. The number of hydrogen-bond acceptors (Lipinski definition) is 3. The molecule has 0 unspecified atom stereocenters. The SMILES string of the molecule is COc1cc(Cl)ccc1NC(=O)c1c(C)nc2ccccc2c1C.Cl. The van der Waals surface area contributed by atoms with Crippen LogP contribution < -0.4 is 10.1 Å². The van der Waals surface area contributed by atoms with Gasteiger partial charge < -0.3 is 10.1 Å². The van der Waals surface area contributed by atoms with Crippen molar-refractivity contribution in [1.82, 2.24) is 4.98 Å². The zero-order valence-electron chi connectivity index (χ0n) is 14.1. The van der Waals surface area contributed by atoms with Crippen molar-refractivity contribution in [1.29, 1.82) is 0 Å². The highest BCUT2D eigenvalue weighted by Gasteiger charge is 2.17. The molecule has 0 bridgehead atoms. The number of nitrogens with one attached hydrogen (secondary N) is 1. The number of methoxy groups -OCH3 is 1. The van der Waals surface area contributed by atoms with E-state index >= 15 is 0 Å². The molecule has 6 heteroatoms. The summed E-state index contributed by atoms with van der Waals surface area (Å²) in [6, 6.07) is 12.9. The largest absolute Gasteiger partial charge is 0.495 e. The molecule has 0 atom stereocenters. The number of rotatable bonds is 3. The maximum Gasteiger partial charge on any atom is 0.257 e. The van der Waals surface area contributed by atoms with E-state index in [4.69, 9.17) is 16.3 Å². The second-order valence-electron chi connectivity index (χ2n) is 5.51. The van der Waals surface area contributed by atoms with E-state index in [1.807, 2.05) is 38.1 Å². The second-order valence-corrected chi connectivity index (χ2v) is 5.95. The van der Waals surface area contributed by atoms with Gasteiger partial charge in [-0.05, 0) is 37.6 Å². The smallest absolute Gasteiger partial charge is 0.257 e. The van der Waals surface area contributed by atoms with E-state index in [9.17, 15) is 4.79 Å².